The van der Waals surface area contributed by atoms with Crippen LogP contribution in [0, 0.1) is 0 Å². The molecule has 0 spiro atoms. The van der Waals surface area contributed by atoms with Gasteiger partial charge in [-0.05, 0) is 24.1 Å². The Balaban J connectivity index is 2.43. The van der Waals surface area contributed by atoms with Crippen LogP contribution in [0.25, 0.3) is 0 Å². The molecule has 124 valence electrons. The van der Waals surface area contributed by atoms with Crippen molar-refractivity contribution >= 4 is 5.96 Å². The number of nitrogens with zero attached hydrogens (tertiary/aromatic N) is 1. The summed E-state index contributed by atoms with van der Waals surface area (Å²) in [6, 6.07) is 7.55. The van der Waals surface area contributed by atoms with Gasteiger partial charge < -0.3 is 15.4 Å². The van der Waals surface area contributed by atoms with Crippen molar-refractivity contribution in [1.29, 1.82) is 0 Å². The molecule has 0 heterocycles. The second-order valence-corrected chi connectivity index (χ2v) is 4.71. The van der Waals surface area contributed by atoms with E-state index in [1.807, 2.05) is 31.2 Å². The number of aliphatic imine (C=N–C) groups is 1. The number of rotatable bonds is 7. The molecule has 4 nitrogen and oxygen atoms in total. The van der Waals surface area contributed by atoms with Gasteiger partial charge >= 0.3 is 6.18 Å². The number of alkyl halides is 3. The lowest BCUT2D eigenvalue weighted by molar-refractivity contribution is -0.132. The topological polar surface area (TPSA) is 45.6 Å². The highest BCUT2D eigenvalue weighted by Gasteiger charge is 2.26. The van der Waals surface area contributed by atoms with Gasteiger partial charge in [0.2, 0.25) is 0 Å². The zero-order chi connectivity index (χ0) is 16.4. The van der Waals surface area contributed by atoms with Gasteiger partial charge in [0.1, 0.15) is 5.75 Å². The highest BCUT2D eigenvalue weighted by Crippen LogP contribution is 2.18. The molecule has 0 aliphatic carbocycles. The molecular weight excluding hydrogens is 295 g/mol. The maximum atomic E-state index is 12.1. The molecule has 22 heavy (non-hydrogen) atoms. The minimum atomic E-state index is -4.17. The zero-order valence-electron chi connectivity index (χ0n) is 12.8. The van der Waals surface area contributed by atoms with Gasteiger partial charge in [-0.2, -0.15) is 13.2 Å². The van der Waals surface area contributed by atoms with Gasteiger partial charge in [-0.25, -0.2) is 0 Å². The molecule has 0 radical (unpaired) electrons. The molecule has 0 saturated carbocycles. The molecule has 0 bridgehead atoms. The Morgan fingerprint density at radius 3 is 2.68 bits per heavy atom. The normalized spacial score (nSPS) is 12.1. The second-order valence-electron chi connectivity index (χ2n) is 4.71. The maximum absolute atomic E-state index is 12.1. The molecule has 0 saturated heterocycles. The average molecular weight is 317 g/mol. The van der Waals surface area contributed by atoms with Crippen LogP contribution in [-0.2, 0) is 6.54 Å². The first-order chi connectivity index (χ1) is 10.4. The van der Waals surface area contributed by atoms with Crippen LogP contribution in [0.15, 0.2) is 29.3 Å². The molecule has 0 unspecified atom stereocenters. The summed E-state index contributed by atoms with van der Waals surface area (Å²) >= 11 is 0. The zero-order valence-corrected chi connectivity index (χ0v) is 12.8. The van der Waals surface area contributed by atoms with E-state index in [1.165, 1.54) is 7.05 Å². The van der Waals surface area contributed by atoms with E-state index in [1.54, 1.807) is 0 Å². The largest absolute Gasteiger partial charge is 0.494 e. The van der Waals surface area contributed by atoms with Crippen molar-refractivity contribution in [1.82, 2.24) is 10.6 Å². The van der Waals surface area contributed by atoms with E-state index in [0.717, 1.165) is 17.7 Å². The second kappa shape index (κ2) is 9.17. The molecule has 0 aliphatic heterocycles. The molecule has 1 aromatic rings. The van der Waals surface area contributed by atoms with Crippen molar-refractivity contribution in [3.8, 4) is 5.75 Å². The van der Waals surface area contributed by atoms with E-state index >= 15 is 0 Å². The van der Waals surface area contributed by atoms with E-state index in [0.29, 0.717) is 19.1 Å². The fourth-order valence-corrected chi connectivity index (χ4v) is 1.69. The van der Waals surface area contributed by atoms with Crippen LogP contribution in [0.5, 0.6) is 5.75 Å². The Hall–Kier alpha value is -1.92. The monoisotopic (exact) mass is 317 g/mol. The summed E-state index contributed by atoms with van der Waals surface area (Å²) in [7, 11) is 1.52. The fourth-order valence-electron chi connectivity index (χ4n) is 1.69. The van der Waals surface area contributed by atoms with Gasteiger partial charge in [-0.3, -0.25) is 4.99 Å². The van der Waals surface area contributed by atoms with Crippen molar-refractivity contribution < 1.29 is 17.9 Å². The lowest BCUT2D eigenvalue weighted by Crippen LogP contribution is -2.38. The molecule has 0 atom stereocenters. The van der Waals surface area contributed by atoms with Crippen LogP contribution in [0.2, 0.25) is 0 Å². The van der Waals surface area contributed by atoms with Crippen molar-refractivity contribution in [2.75, 3.05) is 20.2 Å². The maximum Gasteiger partial charge on any atom is 0.390 e. The van der Waals surface area contributed by atoms with Crippen LogP contribution in [0.4, 0.5) is 13.2 Å². The van der Waals surface area contributed by atoms with Crippen molar-refractivity contribution in [3.05, 3.63) is 29.8 Å². The molecule has 2 N–H and O–H groups in total. The summed E-state index contributed by atoms with van der Waals surface area (Å²) in [5.41, 5.74) is 0.965. The van der Waals surface area contributed by atoms with Gasteiger partial charge in [0.15, 0.2) is 5.96 Å². The number of benzene rings is 1. The Labute approximate surface area is 128 Å². The third-order valence-electron chi connectivity index (χ3n) is 2.76. The van der Waals surface area contributed by atoms with Gasteiger partial charge in [0.25, 0.3) is 0 Å². The molecule has 0 aliphatic rings. The Morgan fingerprint density at radius 2 is 2.05 bits per heavy atom. The van der Waals surface area contributed by atoms with Gasteiger partial charge in [-0.15, -0.1) is 0 Å². The highest BCUT2D eigenvalue weighted by molar-refractivity contribution is 5.79. The van der Waals surface area contributed by atoms with Crippen LogP contribution < -0.4 is 15.4 Å². The average Bonchev–Trinajstić information content (AvgIpc) is 2.48. The molecular formula is C15H22F3N3O. The van der Waals surface area contributed by atoms with E-state index in [2.05, 4.69) is 15.6 Å². The molecule has 0 amide bonds. The summed E-state index contributed by atoms with van der Waals surface area (Å²) in [6.45, 7) is 2.93. The van der Waals surface area contributed by atoms with Crippen molar-refractivity contribution in [2.45, 2.75) is 32.5 Å². The van der Waals surface area contributed by atoms with Crippen LogP contribution >= 0.6 is 0 Å². The molecule has 0 aromatic heterocycles. The Kier molecular flexibility index (Phi) is 7.56. The highest BCUT2D eigenvalue weighted by atomic mass is 19.4. The fraction of sp³-hybridized carbons (Fsp3) is 0.533. The third kappa shape index (κ3) is 7.75. The smallest absolute Gasteiger partial charge is 0.390 e. The number of hydrogen-bond acceptors (Lipinski definition) is 2. The molecule has 0 fully saturated rings. The summed E-state index contributed by atoms with van der Waals surface area (Å²) in [4.78, 5) is 3.89. The first-order valence-electron chi connectivity index (χ1n) is 7.17. The number of hydrogen-bond donors (Lipinski definition) is 2. The standard InChI is InChI=1S/C15H22F3N3O/c1-3-9-22-13-6-4-5-12(10-13)11-21-14(19-2)20-8-7-15(16,17)18/h4-6,10H,3,7-9,11H2,1-2H3,(H2,19,20,21). The number of halogens is 3. The third-order valence-corrected chi connectivity index (χ3v) is 2.76. The van der Waals surface area contributed by atoms with E-state index in [4.69, 9.17) is 4.74 Å². The number of nitrogens with one attached hydrogen (secondary N) is 2. The predicted molar refractivity (Wildman–Crippen MR) is 81.1 cm³/mol. The predicted octanol–water partition coefficient (Wildman–Crippen LogP) is 3.09. The minimum absolute atomic E-state index is 0.206. The number of guanidine groups is 1. The lowest BCUT2D eigenvalue weighted by Gasteiger charge is -2.13. The quantitative estimate of drug-likeness (QED) is 0.600. The lowest BCUT2D eigenvalue weighted by atomic mass is 10.2. The van der Waals surface area contributed by atoms with Crippen molar-refractivity contribution in [3.63, 3.8) is 0 Å². The molecule has 7 heteroatoms. The van der Waals surface area contributed by atoms with Crippen LogP contribution in [0.1, 0.15) is 25.3 Å². The first kappa shape index (κ1) is 18.1. The Bertz CT molecular complexity index is 475. The van der Waals surface area contributed by atoms with Gasteiger partial charge in [-0.1, -0.05) is 19.1 Å². The van der Waals surface area contributed by atoms with E-state index < -0.39 is 12.6 Å². The minimum Gasteiger partial charge on any atom is -0.494 e. The number of ether oxygens (including phenoxy) is 1. The Morgan fingerprint density at radius 1 is 1.27 bits per heavy atom. The summed E-state index contributed by atoms with van der Waals surface area (Å²) in [5.74, 6) is 1.12. The summed E-state index contributed by atoms with van der Waals surface area (Å²) in [6.07, 6.45) is -4.14. The SMILES string of the molecule is CCCOc1cccc(CNC(=NC)NCCC(F)(F)F)c1. The summed E-state index contributed by atoms with van der Waals surface area (Å²) < 4.78 is 41.8. The molecule has 1 aromatic carbocycles. The van der Waals surface area contributed by atoms with Crippen LogP contribution in [0.3, 0.4) is 0 Å². The van der Waals surface area contributed by atoms with Gasteiger partial charge in [0.05, 0.1) is 13.0 Å². The van der Waals surface area contributed by atoms with Crippen molar-refractivity contribution in [2.24, 2.45) is 4.99 Å². The first-order valence-corrected chi connectivity index (χ1v) is 7.17. The van der Waals surface area contributed by atoms with Crippen LogP contribution in [-0.4, -0.2) is 32.3 Å². The summed E-state index contributed by atoms with van der Waals surface area (Å²) in [5, 5.41) is 5.60. The van der Waals surface area contributed by atoms with Gasteiger partial charge in [0, 0.05) is 20.1 Å². The molecule has 1 rings (SSSR count). The van der Waals surface area contributed by atoms with E-state index in [-0.39, 0.29) is 6.54 Å². The van der Waals surface area contributed by atoms with E-state index in [9.17, 15) is 13.2 Å².